The lowest BCUT2D eigenvalue weighted by Gasteiger charge is -2.37. The van der Waals surface area contributed by atoms with Gasteiger partial charge in [0.1, 0.15) is 5.76 Å². The summed E-state index contributed by atoms with van der Waals surface area (Å²) in [5.41, 5.74) is 1.41. The van der Waals surface area contributed by atoms with Gasteiger partial charge in [-0.1, -0.05) is 39.5 Å². The van der Waals surface area contributed by atoms with Crippen LogP contribution in [0.15, 0.2) is 36.1 Å². The van der Waals surface area contributed by atoms with E-state index in [1.165, 1.54) is 25.7 Å². The molecule has 1 fully saturated rings. The quantitative estimate of drug-likeness (QED) is 0.470. The molecular weight excluding hydrogens is 232 g/mol. The van der Waals surface area contributed by atoms with Gasteiger partial charge in [0, 0.05) is 5.57 Å². The minimum Gasteiger partial charge on any atom is -0.490 e. The molecule has 1 aliphatic carbocycles. The van der Waals surface area contributed by atoms with Crippen molar-refractivity contribution in [3.63, 3.8) is 0 Å². The van der Waals surface area contributed by atoms with Gasteiger partial charge < -0.3 is 4.74 Å². The molecule has 1 rings (SSSR count). The van der Waals surface area contributed by atoms with E-state index in [0.717, 1.165) is 17.3 Å². The summed E-state index contributed by atoms with van der Waals surface area (Å²) in [6.45, 7) is 15.1. The fraction of sp³-hybridized carbons (Fsp3) is 0.667. The average molecular weight is 262 g/mol. The minimum absolute atomic E-state index is 0.367. The first kappa shape index (κ1) is 16.1. The third-order valence-corrected chi connectivity index (χ3v) is 4.14. The topological polar surface area (TPSA) is 9.23 Å². The largest absolute Gasteiger partial charge is 0.490 e. The van der Waals surface area contributed by atoms with E-state index in [1.807, 2.05) is 32.1 Å². The van der Waals surface area contributed by atoms with Gasteiger partial charge in [-0.05, 0) is 56.9 Å². The SMILES string of the molecule is C=C(/C=C\C)/C(=C\C)OC1CCC(C(C)(C)C)CC1. The molecule has 0 spiro atoms. The Hall–Kier alpha value is -0.980. The fourth-order valence-electron chi connectivity index (χ4n) is 2.84. The van der Waals surface area contributed by atoms with Gasteiger partial charge in [0.05, 0.1) is 6.10 Å². The van der Waals surface area contributed by atoms with Crippen LogP contribution < -0.4 is 0 Å². The van der Waals surface area contributed by atoms with E-state index < -0.39 is 0 Å². The molecule has 0 saturated heterocycles. The van der Waals surface area contributed by atoms with E-state index in [-0.39, 0.29) is 0 Å². The molecule has 0 amide bonds. The first-order chi connectivity index (χ1) is 8.88. The Morgan fingerprint density at radius 3 is 2.11 bits per heavy atom. The molecule has 0 N–H and O–H groups in total. The number of hydrogen-bond donors (Lipinski definition) is 0. The predicted octanol–water partition coefficient (Wildman–Crippen LogP) is 5.64. The van der Waals surface area contributed by atoms with Gasteiger partial charge in [-0.25, -0.2) is 0 Å². The molecule has 0 bridgehead atoms. The van der Waals surface area contributed by atoms with Crippen molar-refractivity contribution in [2.75, 3.05) is 0 Å². The predicted molar refractivity (Wildman–Crippen MR) is 84.0 cm³/mol. The average Bonchev–Trinajstić information content (AvgIpc) is 2.35. The Morgan fingerprint density at radius 2 is 1.68 bits per heavy atom. The second-order valence-corrected chi connectivity index (χ2v) is 6.64. The summed E-state index contributed by atoms with van der Waals surface area (Å²) in [7, 11) is 0. The highest BCUT2D eigenvalue weighted by Gasteiger charge is 2.30. The van der Waals surface area contributed by atoms with Crippen molar-refractivity contribution in [1.29, 1.82) is 0 Å². The van der Waals surface area contributed by atoms with Crippen LogP contribution in [0.25, 0.3) is 0 Å². The zero-order chi connectivity index (χ0) is 14.5. The third-order valence-electron chi connectivity index (χ3n) is 4.14. The Morgan fingerprint density at radius 1 is 1.11 bits per heavy atom. The van der Waals surface area contributed by atoms with Gasteiger partial charge in [-0.3, -0.25) is 0 Å². The fourth-order valence-corrected chi connectivity index (χ4v) is 2.84. The van der Waals surface area contributed by atoms with E-state index in [2.05, 4.69) is 27.4 Å². The van der Waals surface area contributed by atoms with Gasteiger partial charge in [-0.15, -0.1) is 0 Å². The van der Waals surface area contributed by atoms with Crippen molar-refractivity contribution >= 4 is 0 Å². The minimum atomic E-state index is 0.367. The van der Waals surface area contributed by atoms with Crippen LogP contribution in [-0.4, -0.2) is 6.10 Å². The molecule has 0 aromatic rings. The molecule has 0 aliphatic heterocycles. The Labute approximate surface area is 119 Å². The van der Waals surface area contributed by atoms with Gasteiger partial charge >= 0.3 is 0 Å². The lowest BCUT2D eigenvalue weighted by molar-refractivity contribution is 0.0475. The molecule has 1 heteroatoms. The van der Waals surface area contributed by atoms with E-state index in [4.69, 9.17) is 4.74 Å². The van der Waals surface area contributed by atoms with E-state index in [9.17, 15) is 0 Å². The summed E-state index contributed by atoms with van der Waals surface area (Å²) in [4.78, 5) is 0. The lowest BCUT2D eigenvalue weighted by atomic mass is 9.72. The number of hydrogen-bond acceptors (Lipinski definition) is 1. The summed E-state index contributed by atoms with van der Waals surface area (Å²) in [6, 6.07) is 0. The molecule has 19 heavy (non-hydrogen) atoms. The zero-order valence-electron chi connectivity index (χ0n) is 13.3. The first-order valence-corrected chi connectivity index (χ1v) is 7.53. The molecule has 0 heterocycles. The number of allylic oxidation sites excluding steroid dienone is 3. The molecule has 108 valence electrons. The summed E-state index contributed by atoms with van der Waals surface area (Å²) in [5.74, 6) is 1.78. The smallest absolute Gasteiger partial charge is 0.122 e. The van der Waals surface area contributed by atoms with Crippen LogP contribution >= 0.6 is 0 Å². The van der Waals surface area contributed by atoms with Crippen molar-refractivity contribution in [3.8, 4) is 0 Å². The van der Waals surface area contributed by atoms with Crippen LogP contribution in [0.1, 0.15) is 60.3 Å². The summed E-state index contributed by atoms with van der Waals surface area (Å²) >= 11 is 0. The molecule has 0 aromatic heterocycles. The van der Waals surface area contributed by atoms with E-state index in [0.29, 0.717) is 11.5 Å². The van der Waals surface area contributed by atoms with E-state index >= 15 is 0 Å². The van der Waals surface area contributed by atoms with Crippen molar-refractivity contribution in [2.45, 2.75) is 66.4 Å². The highest BCUT2D eigenvalue weighted by Crippen LogP contribution is 2.39. The number of rotatable bonds is 4. The maximum Gasteiger partial charge on any atom is 0.122 e. The molecular formula is C18H30O. The second-order valence-electron chi connectivity index (χ2n) is 6.64. The van der Waals surface area contributed by atoms with Gasteiger partial charge in [0.2, 0.25) is 0 Å². The van der Waals surface area contributed by atoms with Gasteiger partial charge in [0.15, 0.2) is 0 Å². The Bertz CT molecular complexity index is 346. The zero-order valence-corrected chi connectivity index (χ0v) is 13.3. The van der Waals surface area contributed by atoms with Crippen LogP contribution in [0.2, 0.25) is 0 Å². The number of ether oxygens (including phenoxy) is 1. The molecule has 0 unspecified atom stereocenters. The summed E-state index contributed by atoms with van der Waals surface area (Å²) in [6.07, 6.45) is 11.3. The highest BCUT2D eigenvalue weighted by molar-refractivity contribution is 5.32. The Balaban J connectivity index is 2.51. The maximum atomic E-state index is 6.13. The van der Waals surface area contributed by atoms with Crippen LogP contribution in [0.5, 0.6) is 0 Å². The molecule has 1 saturated carbocycles. The van der Waals surface area contributed by atoms with Crippen LogP contribution in [0.4, 0.5) is 0 Å². The first-order valence-electron chi connectivity index (χ1n) is 7.53. The van der Waals surface area contributed by atoms with Crippen molar-refractivity contribution in [1.82, 2.24) is 0 Å². The monoisotopic (exact) mass is 262 g/mol. The second kappa shape index (κ2) is 6.98. The molecule has 0 radical (unpaired) electrons. The summed E-state index contributed by atoms with van der Waals surface area (Å²) in [5, 5.41) is 0. The lowest BCUT2D eigenvalue weighted by Crippen LogP contribution is -2.29. The Kier molecular flexibility index (Phi) is 5.90. The molecule has 1 nitrogen and oxygen atoms in total. The molecule has 0 aromatic carbocycles. The van der Waals surface area contributed by atoms with Crippen molar-refractivity contribution < 1.29 is 4.74 Å². The van der Waals surface area contributed by atoms with Crippen LogP contribution in [-0.2, 0) is 4.74 Å². The van der Waals surface area contributed by atoms with E-state index in [1.54, 1.807) is 0 Å². The highest BCUT2D eigenvalue weighted by atomic mass is 16.5. The third kappa shape index (κ3) is 4.89. The van der Waals surface area contributed by atoms with Crippen LogP contribution in [0, 0.1) is 11.3 Å². The molecule has 0 atom stereocenters. The van der Waals surface area contributed by atoms with Crippen molar-refractivity contribution in [2.24, 2.45) is 11.3 Å². The van der Waals surface area contributed by atoms with Gasteiger partial charge in [0.25, 0.3) is 0 Å². The molecule has 1 aliphatic rings. The van der Waals surface area contributed by atoms with Crippen LogP contribution in [0.3, 0.4) is 0 Å². The van der Waals surface area contributed by atoms with Crippen molar-refractivity contribution in [3.05, 3.63) is 36.1 Å². The van der Waals surface area contributed by atoms with Gasteiger partial charge in [-0.2, -0.15) is 0 Å². The normalized spacial score (nSPS) is 25.6. The maximum absolute atomic E-state index is 6.13. The summed E-state index contributed by atoms with van der Waals surface area (Å²) < 4.78 is 6.13. The standard InChI is InChI=1S/C18H30O/c1-7-9-14(3)17(8-2)19-16-12-10-15(11-13-16)18(4,5)6/h7-9,15-16H,3,10-13H2,1-2,4-6H3/b9-7-,17-8+.